The maximum absolute atomic E-state index is 12.6. The van der Waals surface area contributed by atoms with Crippen LogP contribution in [-0.2, 0) is 16.4 Å². The fourth-order valence-electron chi connectivity index (χ4n) is 3.74. The van der Waals surface area contributed by atoms with Gasteiger partial charge in [-0.2, -0.15) is 4.31 Å². The van der Waals surface area contributed by atoms with Gasteiger partial charge in [0.2, 0.25) is 10.0 Å². The van der Waals surface area contributed by atoms with Crippen LogP contribution in [-0.4, -0.2) is 43.9 Å². The first-order valence-corrected chi connectivity index (χ1v) is 11.2. The first kappa shape index (κ1) is 19.8. The Morgan fingerprint density at radius 2 is 1.70 bits per heavy atom. The Hall–Kier alpha value is -1.92. The molecule has 0 N–H and O–H groups in total. The molecule has 1 fully saturated rings. The van der Waals surface area contributed by atoms with Crippen LogP contribution in [0.15, 0.2) is 53.6 Å². The SMILES string of the molecule is CCN(CC)S(=O)(=O)c1ccc(N2CCC(Cc3ccccc3)CC2)nc1. The van der Waals surface area contributed by atoms with Crippen LogP contribution < -0.4 is 4.90 Å². The molecule has 146 valence electrons. The van der Waals surface area contributed by atoms with E-state index in [4.69, 9.17) is 0 Å². The first-order chi connectivity index (χ1) is 13.0. The number of sulfonamides is 1. The van der Waals surface area contributed by atoms with Crippen molar-refractivity contribution in [2.75, 3.05) is 31.1 Å². The van der Waals surface area contributed by atoms with Crippen molar-refractivity contribution in [2.45, 2.75) is 38.0 Å². The zero-order valence-electron chi connectivity index (χ0n) is 16.2. The zero-order valence-corrected chi connectivity index (χ0v) is 17.0. The van der Waals surface area contributed by atoms with E-state index in [0.717, 1.165) is 38.2 Å². The maximum Gasteiger partial charge on any atom is 0.244 e. The molecule has 0 amide bonds. The molecule has 5 nitrogen and oxygen atoms in total. The first-order valence-electron chi connectivity index (χ1n) is 9.79. The Morgan fingerprint density at radius 3 is 2.26 bits per heavy atom. The molecule has 0 aliphatic carbocycles. The summed E-state index contributed by atoms with van der Waals surface area (Å²) in [5.41, 5.74) is 1.40. The summed E-state index contributed by atoms with van der Waals surface area (Å²) in [5.74, 6) is 1.57. The zero-order chi connectivity index (χ0) is 19.3. The highest BCUT2D eigenvalue weighted by atomic mass is 32.2. The smallest absolute Gasteiger partial charge is 0.244 e. The average Bonchev–Trinajstić information content (AvgIpc) is 2.70. The highest BCUT2D eigenvalue weighted by molar-refractivity contribution is 7.89. The van der Waals surface area contributed by atoms with Crippen molar-refractivity contribution in [1.82, 2.24) is 9.29 Å². The van der Waals surface area contributed by atoms with E-state index in [2.05, 4.69) is 40.2 Å². The summed E-state index contributed by atoms with van der Waals surface area (Å²) >= 11 is 0. The molecular formula is C21H29N3O2S. The summed E-state index contributed by atoms with van der Waals surface area (Å²) in [5, 5.41) is 0. The molecule has 1 aliphatic heterocycles. The number of nitrogens with zero attached hydrogens (tertiary/aromatic N) is 3. The number of hydrogen-bond donors (Lipinski definition) is 0. The van der Waals surface area contributed by atoms with Crippen molar-refractivity contribution in [2.24, 2.45) is 5.92 Å². The van der Waals surface area contributed by atoms with Gasteiger partial charge in [0.15, 0.2) is 0 Å². The molecule has 2 aromatic rings. The van der Waals surface area contributed by atoms with E-state index in [-0.39, 0.29) is 4.90 Å². The molecule has 3 rings (SSSR count). The molecule has 2 heterocycles. The predicted octanol–water partition coefficient (Wildman–Crippen LogP) is 3.57. The lowest BCUT2D eigenvalue weighted by Gasteiger charge is -2.33. The summed E-state index contributed by atoms with van der Waals surface area (Å²) in [4.78, 5) is 6.98. The van der Waals surface area contributed by atoms with Crippen LogP contribution in [0.3, 0.4) is 0 Å². The van der Waals surface area contributed by atoms with Gasteiger partial charge in [0.25, 0.3) is 0 Å². The van der Waals surface area contributed by atoms with E-state index in [9.17, 15) is 8.42 Å². The van der Waals surface area contributed by atoms with Crippen LogP contribution in [0.1, 0.15) is 32.3 Å². The van der Waals surface area contributed by atoms with Crippen LogP contribution in [0.2, 0.25) is 0 Å². The van der Waals surface area contributed by atoms with E-state index in [1.807, 2.05) is 19.9 Å². The maximum atomic E-state index is 12.6. The van der Waals surface area contributed by atoms with E-state index >= 15 is 0 Å². The van der Waals surface area contributed by atoms with Crippen molar-refractivity contribution in [3.63, 3.8) is 0 Å². The molecule has 1 saturated heterocycles. The van der Waals surface area contributed by atoms with Crippen LogP contribution in [0.25, 0.3) is 0 Å². The molecule has 1 aliphatic rings. The Morgan fingerprint density at radius 1 is 1.04 bits per heavy atom. The summed E-state index contributed by atoms with van der Waals surface area (Å²) < 4.78 is 26.6. The molecule has 0 atom stereocenters. The second kappa shape index (κ2) is 8.85. The summed E-state index contributed by atoms with van der Waals surface area (Å²) in [6.07, 6.45) is 4.90. The lowest BCUT2D eigenvalue weighted by atomic mass is 9.90. The van der Waals surface area contributed by atoms with Crippen molar-refractivity contribution in [1.29, 1.82) is 0 Å². The quantitative estimate of drug-likeness (QED) is 0.729. The van der Waals surface area contributed by atoms with Gasteiger partial charge in [-0.1, -0.05) is 44.2 Å². The Kier molecular flexibility index (Phi) is 6.50. The van der Waals surface area contributed by atoms with Crippen molar-refractivity contribution in [3.8, 4) is 0 Å². The second-order valence-electron chi connectivity index (χ2n) is 7.06. The number of pyridine rings is 1. The van der Waals surface area contributed by atoms with E-state index in [0.29, 0.717) is 19.0 Å². The number of benzene rings is 1. The van der Waals surface area contributed by atoms with Gasteiger partial charge < -0.3 is 4.90 Å². The topological polar surface area (TPSA) is 53.5 Å². The fourth-order valence-corrected chi connectivity index (χ4v) is 5.14. The number of aromatic nitrogens is 1. The Labute approximate surface area is 163 Å². The highest BCUT2D eigenvalue weighted by Gasteiger charge is 2.24. The number of anilines is 1. The van der Waals surface area contributed by atoms with Crippen molar-refractivity contribution < 1.29 is 8.42 Å². The molecule has 0 unspecified atom stereocenters. The Bertz CT molecular complexity index is 810. The minimum atomic E-state index is -3.44. The lowest BCUT2D eigenvalue weighted by molar-refractivity contribution is 0.402. The molecular weight excluding hydrogens is 358 g/mol. The fraction of sp³-hybridized carbons (Fsp3) is 0.476. The van der Waals surface area contributed by atoms with E-state index in [1.54, 1.807) is 6.07 Å². The monoisotopic (exact) mass is 387 g/mol. The lowest BCUT2D eigenvalue weighted by Crippen LogP contribution is -2.35. The van der Waals surface area contributed by atoms with E-state index < -0.39 is 10.0 Å². The van der Waals surface area contributed by atoms with Crippen LogP contribution in [0.4, 0.5) is 5.82 Å². The van der Waals surface area contributed by atoms with Gasteiger partial charge in [-0.25, -0.2) is 13.4 Å². The number of piperidine rings is 1. The molecule has 0 bridgehead atoms. The second-order valence-corrected chi connectivity index (χ2v) is 9.00. The highest BCUT2D eigenvalue weighted by Crippen LogP contribution is 2.25. The largest absolute Gasteiger partial charge is 0.357 e. The van der Waals surface area contributed by atoms with Gasteiger partial charge in [-0.05, 0) is 42.9 Å². The molecule has 1 aromatic carbocycles. The van der Waals surface area contributed by atoms with Crippen LogP contribution in [0, 0.1) is 5.92 Å². The number of rotatable bonds is 7. The van der Waals surface area contributed by atoms with Gasteiger partial charge in [-0.15, -0.1) is 0 Å². The minimum Gasteiger partial charge on any atom is -0.357 e. The van der Waals surface area contributed by atoms with E-state index in [1.165, 1.54) is 16.1 Å². The summed E-state index contributed by atoms with van der Waals surface area (Å²) in [7, 11) is -3.44. The van der Waals surface area contributed by atoms with Gasteiger partial charge >= 0.3 is 0 Å². The van der Waals surface area contributed by atoms with Crippen LogP contribution >= 0.6 is 0 Å². The third kappa shape index (κ3) is 4.68. The standard InChI is InChI=1S/C21H29N3O2S/c1-3-24(4-2)27(25,26)20-10-11-21(22-17-20)23-14-12-19(13-15-23)16-18-8-6-5-7-9-18/h5-11,17,19H,3-4,12-16H2,1-2H3. The normalized spacial score (nSPS) is 16.0. The number of hydrogen-bond acceptors (Lipinski definition) is 4. The molecule has 27 heavy (non-hydrogen) atoms. The third-order valence-electron chi connectivity index (χ3n) is 5.37. The van der Waals surface area contributed by atoms with Crippen molar-refractivity contribution >= 4 is 15.8 Å². The average molecular weight is 388 g/mol. The third-order valence-corrected chi connectivity index (χ3v) is 7.40. The molecule has 0 radical (unpaired) electrons. The molecule has 6 heteroatoms. The van der Waals surface area contributed by atoms with Gasteiger partial charge in [-0.3, -0.25) is 0 Å². The molecule has 0 spiro atoms. The van der Waals surface area contributed by atoms with Crippen molar-refractivity contribution in [3.05, 3.63) is 54.2 Å². The Balaban J connectivity index is 1.60. The summed E-state index contributed by atoms with van der Waals surface area (Å²) in [6, 6.07) is 14.2. The van der Waals surface area contributed by atoms with Gasteiger partial charge in [0.05, 0.1) is 0 Å². The minimum absolute atomic E-state index is 0.272. The summed E-state index contributed by atoms with van der Waals surface area (Å²) in [6.45, 7) is 6.56. The predicted molar refractivity (Wildman–Crippen MR) is 109 cm³/mol. The van der Waals surface area contributed by atoms with Gasteiger partial charge in [0, 0.05) is 32.4 Å². The van der Waals surface area contributed by atoms with Gasteiger partial charge in [0.1, 0.15) is 10.7 Å². The molecule has 0 saturated carbocycles. The molecule has 1 aromatic heterocycles. The van der Waals surface area contributed by atoms with Crippen LogP contribution in [0.5, 0.6) is 0 Å².